The highest BCUT2D eigenvalue weighted by Gasteiger charge is 2.22. The molecule has 1 fully saturated rings. The molecule has 1 aliphatic rings. The van der Waals surface area contributed by atoms with Crippen LogP contribution < -0.4 is 15.0 Å². The fraction of sp³-hybridized carbons (Fsp3) is 0.471. The number of hydrogen-bond acceptors (Lipinski definition) is 6. The van der Waals surface area contributed by atoms with E-state index < -0.39 is 0 Å². The Morgan fingerprint density at radius 3 is 2.83 bits per heavy atom. The van der Waals surface area contributed by atoms with Crippen LogP contribution in [0.2, 0.25) is 0 Å². The monoisotopic (exact) mass is 346 g/mol. The van der Waals surface area contributed by atoms with E-state index in [1.807, 2.05) is 26.0 Å². The number of aryl methyl sites for hydroxylation is 1. The van der Waals surface area contributed by atoms with Crippen LogP contribution in [0.15, 0.2) is 24.5 Å². The van der Waals surface area contributed by atoms with Crippen molar-refractivity contribution in [1.82, 2.24) is 15.3 Å². The van der Waals surface area contributed by atoms with Gasteiger partial charge < -0.3 is 15.0 Å². The van der Waals surface area contributed by atoms with E-state index in [0.717, 1.165) is 41.5 Å². The van der Waals surface area contributed by atoms with E-state index in [-0.39, 0.29) is 11.9 Å². The van der Waals surface area contributed by atoms with Crippen molar-refractivity contribution in [2.75, 3.05) is 24.6 Å². The number of carbonyl (C=O) groups excluding carboxylic acids is 1. The highest BCUT2D eigenvalue weighted by molar-refractivity contribution is 7.13. The molecule has 3 rings (SSSR count). The number of ether oxygens (including phenoxy) is 1. The zero-order valence-corrected chi connectivity index (χ0v) is 14.8. The zero-order chi connectivity index (χ0) is 16.9. The third kappa shape index (κ3) is 4.03. The predicted octanol–water partition coefficient (Wildman–Crippen LogP) is 2.64. The Bertz CT molecular complexity index is 695. The highest BCUT2D eigenvalue weighted by atomic mass is 32.1. The fourth-order valence-corrected chi connectivity index (χ4v) is 3.54. The summed E-state index contributed by atoms with van der Waals surface area (Å²) in [6.07, 6.45) is 5.19. The lowest BCUT2D eigenvalue weighted by Crippen LogP contribution is -2.44. The molecule has 1 amide bonds. The molecule has 3 heterocycles. The number of nitrogens with zero attached hydrogens (tertiary/aromatic N) is 3. The minimum atomic E-state index is 0.0321. The van der Waals surface area contributed by atoms with Gasteiger partial charge in [0.05, 0.1) is 23.9 Å². The van der Waals surface area contributed by atoms with Crippen LogP contribution in [0, 0.1) is 6.92 Å². The molecule has 1 aliphatic heterocycles. The maximum Gasteiger partial charge on any atom is 0.261 e. The molecule has 2 aromatic rings. The van der Waals surface area contributed by atoms with E-state index in [4.69, 9.17) is 4.74 Å². The van der Waals surface area contributed by atoms with Gasteiger partial charge in [-0.3, -0.25) is 9.78 Å². The summed E-state index contributed by atoms with van der Waals surface area (Å²) in [4.78, 5) is 25.0. The maximum absolute atomic E-state index is 12.2. The predicted molar refractivity (Wildman–Crippen MR) is 95.0 cm³/mol. The van der Waals surface area contributed by atoms with Crippen LogP contribution in [0.5, 0.6) is 5.88 Å². The van der Waals surface area contributed by atoms with E-state index in [1.54, 1.807) is 12.4 Å². The molecule has 0 bridgehead atoms. The van der Waals surface area contributed by atoms with Gasteiger partial charge in [-0.1, -0.05) is 0 Å². The number of carbonyl (C=O) groups is 1. The van der Waals surface area contributed by atoms with Crippen LogP contribution in [0.4, 0.5) is 5.82 Å². The van der Waals surface area contributed by atoms with Gasteiger partial charge in [0.1, 0.15) is 0 Å². The van der Waals surface area contributed by atoms with Crippen LogP contribution in [0.1, 0.15) is 34.3 Å². The molecule has 6 nitrogen and oxygen atoms in total. The summed E-state index contributed by atoms with van der Waals surface area (Å²) in [5, 5.41) is 3.14. The molecule has 128 valence electrons. The molecule has 1 N–H and O–H groups in total. The van der Waals surface area contributed by atoms with Crippen molar-refractivity contribution in [3.63, 3.8) is 0 Å². The number of rotatable bonds is 5. The summed E-state index contributed by atoms with van der Waals surface area (Å²) in [5.74, 6) is 1.42. The Morgan fingerprint density at radius 2 is 2.17 bits per heavy atom. The lowest BCUT2D eigenvalue weighted by atomic mass is 10.1. The molecule has 2 aromatic heterocycles. The molecule has 1 saturated heterocycles. The molecule has 0 aliphatic carbocycles. The molecule has 0 radical (unpaired) electrons. The summed E-state index contributed by atoms with van der Waals surface area (Å²) in [5.41, 5.74) is 0. The van der Waals surface area contributed by atoms with Crippen molar-refractivity contribution in [3.05, 3.63) is 34.3 Å². The van der Waals surface area contributed by atoms with Crippen LogP contribution in [0.3, 0.4) is 0 Å². The number of anilines is 1. The molecule has 0 saturated carbocycles. The molecule has 24 heavy (non-hydrogen) atoms. The van der Waals surface area contributed by atoms with Gasteiger partial charge in [0, 0.05) is 24.0 Å². The highest BCUT2D eigenvalue weighted by Crippen LogP contribution is 2.20. The van der Waals surface area contributed by atoms with E-state index in [1.165, 1.54) is 11.3 Å². The second-order valence-electron chi connectivity index (χ2n) is 5.79. The lowest BCUT2D eigenvalue weighted by Gasteiger charge is -2.32. The van der Waals surface area contributed by atoms with Crippen LogP contribution in [-0.2, 0) is 0 Å². The first kappa shape index (κ1) is 16.7. The average Bonchev–Trinajstić information content (AvgIpc) is 3.03. The molecule has 7 heteroatoms. The van der Waals surface area contributed by atoms with Gasteiger partial charge in [-0.25, -0.2) is 0 Å². The molecule has 0 unspecified atom stereocenters. The average molecular weight is 346 g/mol. The summed E-state index contributed by atoms with van der Waals surface area (Å²) in [7, 11) is 0. The molecule has 0 aromatic carbocycles. The third-order valence-corrected chi connectivity index (χ3v) is 5.01. The minimum Gasteiger partial charge on any atom is -0.477 e. The molecule has 0 spiro atoms. The first-order valence-corrected chi connectivity index (χ1v) is 9.04. The number of piperidine rings is 1. The van der Waals surface area contributed by atoms with Gasteiger partial charge in [-0.05, 0) is 38.8 Å². The van der Waals surface area contributed by atoms with Gasteiger partial charge in [0.2, 0.25) is 5.88 Å². The summed E-state index contributed by atoms with van der Waals surface area (Å²) < 4.78 is 5.41. The maximum atomic E-state index is 12.2. The number of nitrogens with one attached hydrogen (secondary N) is 1. The summed E-state index contributed by atoms with van der Waals surface area (Å²) in [6.45, 7) is 6.21. The summed E-state index contributed by atoms with van der Waals surface area (Å²) in [6, 6.07) is 4.07. The molecular formula is C17H22N4O2S. The molecule has 0 atom stereocenters. The Hall–Kier alpha value is -2.15. The van der Waals surface area contributed by atoms with Crippen LogP contribution in [-0.4, -0.2) is 41.6 Å². The third-order valence-electron chi connectivity index (χ3n) is 4.01. The summed E-state index contributed by atoms with van der Waals surface area (Å²) >= 11 is 1.53. The van der Waals surface area contributed by atoms with Crippen molar-refractivity contribution in [2.45, 2.75) is 32.7 Å². The van der Waals surface area contributed by atoms with E-state index >= 15 is 0 Å². The topological polar surface area (TPSA) is 67.3 Å². The van der Waals surface area contributed by atoms with Crippen molar-refractivity contribution in [2.24, 2.45) is 0 Å². The second kappa shape index (κ2) is 7.61. The smallest absolute Gasteiger partial charge is 0.261 e. The van der Waals surface area contributed by atoms with Crippen molar-refractivity contribution >= 4 is 23.1 Å². The lowest BCUT2D eigenvalue weighted by molar-refractivity contribution is 0.0935. The Labute approximate surface area is 145 Å². The van der Waals surface area contributed by atoms with Crippen molar-refractivity contribution < 1.29 is 9.53 Å². The normalized spacial score (nSPS) is 15.3. The van der Waals surface area contributed by atoms with Crippen molar-refractivity contribution in [3.8, 4) is 5.88 Å². The Morgan fingerprint density at radius 1 is 1.38 bits per heavy atom. The quantitative estimate of drug-likeness (QED) is 0.901. The number of aromatic nitrogens is 2. The van der Waals surface area contributed by atoms with E-state index in [9.17, 15) is 4.79 Å². The second-order valence-corrected chi connectivity index (χ2v) is 7.08. The van der Waals surface area contributed by atoms with Gasteiger partial charge in [0.25, 0.3) is 5.91 Å². The number of amides is 1. The zero-order valence-electron chi connectivity index (χ0n) is 14.0. The van der Waals surface area contributed by atoms with Crippen molar-refractivity contribution in [1.29, 1.82) is 0 Å². The van der Waals surface area contributed by atoms with Crippen LogP contribution in [0.25, 0.3) is 0 Å². The van der Waals surface area contributed by atoms with Gasteiger partial charge in [-0.15, -0.1) is 11.3 Å². The minimum absolute atomic E-state index is 0.0321. The first-order valence-electron chi connectivity index (χ1n) is 8.23. The largest absolute Gasteiger partial charge is 0.477 e. The SMILES string of the molecule is CCOc1cncc(N2CCC(NC(=O)c3ccc(C)s3)CC2)n1. The van der Waals surface area contributed by atoms with Gasteiger partial charge >= 0.3 is 0 Å². The Kier molecular flexibility index (Phi) is 5.30. The number of hydrogen-bond donors (Lipinski definition) is 1. The van der Waals surface area contributed by atoms with Gasteiger partial charge in [0.15, 0.2) is 5.82 Å². The fourth-order valence-electron chi connectivity index (χ4n) is 2.77. The van der Waals surface area contributed by atoms with Gasteiger partial charge in [-0.2, -0.15) is 4.98 Å². The first-order chi connectivity index (χ1) is 11.7. The standard InChI is InChI=1S/C17H22N4O2S/c1-3-23-16-11-18-10-15(20-16)21-8-6-13(7-9-21)19-17(22)14-5-4-12(2)24-14/h4-5,10-11,13H,3,6-9H2,1-2H3,(H,19,22). The van der Waals surface area contributed by atoms with Crippen LogP contribution >= 0.6 is 11.3 Å². The Balaban J connectivity index is 1.54. The van der Waals surface area contributed by atoms with E-state index in [0.29, 0.717) is 12.5 Å². The van der Waals surface area contributed by atoms with E-state index in [2.05, 4.69) is 20.2 Å². The molecular weight excluding hydrogens is 324 g/mol. The number of thiophene rings is 1.